The lowest BCUT2D eigenvalue weighted by Gasteiger charge is -2.18. The topological polar surface area (TPSA) is 94.6 Å². The lowest BCUT2D eigenvalue weighted by atomic mass is 10.3. The lowest BCUT2D eigenvalue weighted by Crippen LogP contribution is -2.30. The van der Waals surface area contributed by atoms with Gasteiger partial charge in [-0.15, -0.1) is 0 Å². The van der Waals surface area contributed by atoms with E-state index >= 15 is 0 Å². The van der Waals surface area contributed by atoms with Gasteiger partial charge in [0.15, 0.2) is 0 Å². The molecular weight excluding hydrogens is 294 g/mol. The summed E-state index contributed by atoms with van der Waals surface area (Å²) < 4.78 is 29.6. The van der Waals surface area contributed by atoms with Crippen molar-refractivity contribution in [2.24, 2.45) is 5.14 Å². The summed E-state index contributed by atoms with van der Waals surface area (Å²) in [5.74, 6) is -0.201. The Morgan fingerprint density at radius 3 is 2.71 bits per heavy atom. The van der Waals surface area contributed by atoms with Gasteiger partial charge in [0, 0.05) is 39.5 Å². The molecule has 118 valence electrons. The summed E-state index contributed by atoms with van der Waals surface area (Å²) in [6.07, 6.45) is 4.09. The van der Waals surface area contributed by atoms with Crippen molar-refractivity contribution in [3.05, 3.63) is 18.0 Å². The van der Waals surface area contributed by atoms with Crippen molar-refractivity contribution >= 4 is 15.9 Å². The van der Waals surface area contributed by atoms with Crippen molar-refractivity contribution in [1.29, 1.82) is 0 Å². The van der Waals surface area contributed by atoms with Crippen LogP contribution in [0.15, 0.2) is 17.2 Å². The van der Waals surface area contributed by atoms with Crippen LogP contribution in [0.5, 0.6) is 0 Å². The Hall–Kier alpha value is -1.38. The Labute approximate surface area is 124 Å². The van der Waals surface area contributed by atoms with Gasteiger partial charge in [0.05, 0.1) is 0 Å². The van der Waals surface area contributed by atoms with Crippen LogP contribution >= 0.6 is 0 Å². The number of primary sulfonamides is 1. The first kappa shape index (κ1) is 16.0. The van der Waals surface area contributed by atoms with E-state index in [1.54, 1.807) is 23.6 Å². The number of carbonyl (C=O) groups is 1. The zero-order valence-corrected chi connectivity index (χ0v) is 13.1. The van der Waals surface area contributed by atoms with E-state index < -0.39 is 10.0 Å². The molecule has 21 heavy (non-hydrogen) atoms. The number of sulfonamides is 1. The van der Waals surface area contributed by atoms with Crippen LogP contribution < -0.4 is 5.14 Å². The molecular formula is C13H21N3O4S. The number of ether oxygens (including phenoxy) is 1. The number of nitrogens with zero attached hydrogens (tertiary/aromatic N) is 2. The minimum Gasteiger partial charge on any atom is -0.385 e. The Morgan fingerprint density at radius 2 is 2.19 bits per heavy atom. The molecule has 0 atom stereocenters. The van der Waals surface area contributed by atoms with Crippen molar-refractivity contribution in [3.63, 3.8) is 0 Å². The lowest BCUT2D eigenvalue weighted by molar-refractivity contribution is 0.0768. The largest absolute Gasteiger partial charge is 0.385 e. The van der Waals surface area contributed by atoms with Crippen LogP contribution in [0.3, 0.4) is 0 Å². The normalized spacial score (nSPS) is 15.2. The smallest absolute Gasteiger partial charge is 0.270 e. The van der Waals surface area contributed by atoms with Crippen molar-refractivity contribution in [1.82, 2.24) is 9.47 Å². The van der Waals surface area contributed by atoms with Crippen LogP contribution in [0.4, 0.5) is 0 Å². The Morgan fingerprint density at radius 1 is 1.52 bits per heavy atom. The fraction of sp³-hybridized carbons (Fsp3) is 0.615. The van der Waals surface area contributed by atoms with Crippen molar-refractivity contribution < 1.29 is 17.9 Å². The molecule has 1 aliphatic rings. The summed E-state index contributed by atoms with van der Waals surface area (Å²) in [4.78, 5) is 14.0. The van der Waals surface area contributed by atoms with Crippen LogP contribution in [-0.4, -0.2) is 51.1 Å². The first-order chi connectivity index (χ1) is 9.84. The molecule has 1 aromatic heterocycles. The van der Waals surface area contributed by atoms with Gasteiger partial charge in [-0.2, -0.15) is 0 Å². The summed E-state index contributed by atoms with van der Waals surface area (Å²) in [5, 5.41) is 5.15. The molecule has 0 aromatic carbocycles. The number of amides is 1. The molecule has 1 saturated carbocycles. The molecule has 0 bridgehead atoms. The summed E-state index contributed by atoms with van der Waals surface area (Å²) in [6.45, 7) is 1.12. The highest BCUT2D eigenvalue weighted by molar-refractivity contribution is 7.89. The van der Waals surface area contributed by atoms with E-state index in [4.69, 9.17) is 9.88 Å². The maximum absolute atomic E-state index is 12.5. The SMILES string of the molecule is COCCCN(C)C(=O)c1cc(S(N)(=O)=O)cn1C1CC1. The molecule has 1 amide bonds. The molecule has 7 nitrogen and oxygen atoms in total. The summed E-state index contributed by atoms with van der Waals surface area (Å²) in [7, 11) is -0.499. The van der Waals surface area contributed by atoms with Gasteiger partial charge in [-0.3, -0.25) is 4.79 Å². The molecule has 2 N–H and O–H groups in total. The van der Waals surface area contributed by atoms with Crippen molar-refractivity contribution in [3.8, 4) is 0 Å². The minimum absolute atomic E-state index is 0.0111. The van der Waals surface area contributed by atoms with E-state index in [0.29, 0.717) is 18.8 Å². The zero-order valence-electron chi connectivity index (χ0n) is 12.3. The van der Waals surface area contributed by atoms with Crippen LogP contribution in [0.2, 0.25) is 0 Å². The number of nitrogens with two attached hydrogens (primary N) is 1. The number of carbonyl (C=O) groups excluding carboxylic acids is 1. The number of hydrogen-bond donors (Lipinski definition) is 1. The highest BCUT2D eigenvalue weighted by atomic mass is 32.2. The fourth-order valence-electron chi connectivity index (χ4n) is 2.18. The third kappa shape index (κ3) is 3.84. The average molecular weight is 315 g/mol. The first-order valence-electron chi connectivity index (χ1n) is 6.83. The molecule has 0 aliphatic heterocycles. The predicted molar refractivity (Wildman–Crippen MR) is 77.5 cm³/mol. The fourth-order valence-corrected chi connectivity index (χ4v) is 2.72. The van der Waals surface area contributed by atoms with Crippen LogP contribution in [-0.2, 0) is 14.8 Å². The van der Waals surface area contributed by atoms with Crippen LogP contribution in [0, 0.1) is 0 Å². The monoisotopic (exact) mass is 315 g/mol. The third-order valence-corrected chi connectivity index (χ3v) is 4.38. The summed E-state index contributed by atoms with van der Waals surface area (Å²) in [6, 6.07) is 1.56. The molecule has 8 heteroatoms. The first-order valence-corrected chi connectivity index (χ1v) is 8.38. The highest BCUT2D eigenvalue weighted by Gasteiger charge is 2.30. The van der Waals surface area contributed by atoms with E-state index in [0.717, 1.165) is 19.3 Å². The summed E-state index contributed by atoms with van der Waals surface area (Å²) in [5.41, 5.74) is 0.376. The Balaban J connectivity index is 2.21. The second-order valence-corrected chi connectivity index (χ2v) is 6.88. The molecule has 0 radical (unpaired) electrons. The molecule has 2 rings (SSSR count). The van der Waals surface area contributed by atoms with Gasteiger partial charge in [0.25, 0.3) is 5.91 Å². The molecule has 1 fully saturated rings. The van der Waals surface area contributed by atoms with Gasteiger partial charge in [-0.25, -0.2) is 13.6 Å². The van der Waals surface area contributed by atoms with Gasteiger partial charge in [-0.1, -0.05) is 0 Å². The maximum Gasteiger partial charge on any atom is 0.270 e. The zero-order chi connectivity index (χ0) is 15.6. The average Bonchev–Trinajstić information content (AvgIpc) is 3.15. The van der Waals surface area contributed by atoms with Gasteiger partial charge in [0.2, 0.25) is 10.0 Å². The van der Waals surface area contributed by atoms with Gasteiger partial charge in [0.1, 0.15) is 10.6 Å². The van der Waals surface area contributed by atoms with Gasteiger partial charge >= 0.3 is 0 Å². The highest BCUT2D eigenvalue weighted by Crippen LogP contribution is 2.37. The molecule has 1 aliphatic carbocycles. The molecule has 0 saturated heterocycles. The van der Waals surface area contributed by atoms with Crippen LogP contribution in [0.1, 0.15) is 35.8 Å². The van der Waals surface area contributed by atoms with Crippen LogP contribution in [0.25, 0.3) is 0 Å². The number of rotatable bonds is 7. The second kappa shape index (κ2) is 6.17. The minimum atomic E-state index is -3.80. The van der Waals surface area contributed by atoms with Gasteiger partial charge in [-0.05, 0) is 25.3 Å². The molecule has 1 aromatic rings. The van der Waals surface area contributed by atoms with Crippen molar-refractivity contribution in [2.45, 2.75) is 30.2 Å². The van der Waals surface area contributed by atoms with Crippen molar-refractivity contribution in [2.75, 3.05) is 27.3 Å². The number of aromatic nitrogens is 1. The van der Waals surface area contributed by atoms with E-state index in [2.05, 4.69) is 0 Å². The Kier molecular flexibility index (Phi) is 4.70. The maximum atomic E-state index is 12.5. The standard InChI is InChI=1S/C13H21N3O4S/c1-15(6-3-7-20-2)13(17)12-8-11(21(14,18)19)9-16(12)10-4-5-10/h8-10H,3-7H2,1-2H3,(H2,14,18,19). The summed E-state index contributed by atoms with van der Waals surface area (Å²) >= 11 is 0. The van der Waals surface area contributed by atoms with E-state index in [1.165, 1.54) is 12.3 Å². The predicted octanol–water partition coefficient (Wildman–Crippen LogP) is 0.579. The Bertz CT molecular complexity index is 619. The second-order valence-electron chi connectivity index (χ2n) is 5.32. The molecule has 0 unspecified atom stereocenters. The quantitative estimate of drug-likeness (QED) is 0.745. The van der Waals surface area contributed by atoms with E-state index in [9.17, 15) is 13.2 Å². The molecule has 0 spiro atoms. The number of hydrogen-bond acceptors (Lipinski definition) is 4. The third-order valence-electron chi connectivity index (χ3n) is 3.50. The molecule has 1 heterocycles. The number of methoxy groups -OCH3 is 1. The van der Waals surface area contributed by atoms with Gasteiger partial charge < -0.3 is 14.2 Å². The van der Waals surface area contributed by atoms with E-state index in [1.807, 2.05) is 0 Å². The van der Waals surface area contributed by atoms with E-state index in [-0.39, 0.29) is 16.8 Å².